The lowest BCUT2D eigenvalue weighted by Gasteiger charge is -2.45. The van der Waals surface area contributed by atoms with Crippen molar-refractivity contribution in [3.8, 4) is 0 Å². The van der Waals surface area contributed by atoms with Gasteiger partial charge in [-0.2, -0.15) is 5.10 Å². The van der Waals surface area contributed by atoms with Crippen LogP contribution >= 0.6 is 0 Å². The van der Waals surface area contributed by atoms with Gasteiger partial charge in [0.05, 0.1) is 11.7 Å². The predicted molar refractivity (Wildman–Crippen MR) is 61.4 cm³/mol. The number of hydrogen-bond donors (Lipinski definition) is 1. The minimum atomic E-state index is 0.123. The van der Waals surface area contributed by atoms with Crippen LogP contribution in [0.5, 0.6) is 0 Å². The second-order valence-corrected chi connectivity index (χ2v) is 4.92. The summed E-state index contributed by atoms with van der Waals surface area (Å²) in [6, 6.07) is 0.123. The van der Waals surface area contributed by atoms with Crippen molar-refractivity contribution in [1.82, 2.24) is 9.78 Å². The van der Waals surface area contributed by atoms with Gasteiger partial charge in [-0.25, -0.2) is 0 Å². The maximum absolute atomic E-state index is 6.38. The summed E-state index contributed by atoms with van der Waals surface area (Å²) in [7, 11) is 1.96. The van der Waals surface area contributed by atoms with E-state index in [9.17, 15) is 0 Å². The monoisotopic (exact) mass is 207 g/mol. The molecule has 0 saturated heterocycles. The first-order chi connectivity index (χ1) is 7.09. The molecule has 1 aromatic heterocycles. The first-order valence-corrected chi connectivity index (χ1v) is 5.85. The molecule has 0 spiro atoms. The number of hydrogen-bond acceptors (Lipinski definition) is 2. The molecular formula is C12H21N3. The fourth-order valence-electron chi connectivity index (χ4n) is 2.74. The molecule has 1 fully saturated rings. The Morgan fingerprint density at radius 1 is 1.60 bits per heavy atom. The van der Waals surface area contributed by atoms with E-state index < -0.39 is 0 Å². The zero-order valence-corrected chi connectivity index (χ0v) is 9.95. The van der Waals surface area contributed by atoms with Gasteiger partial charge in [0.1, 0.15) is 0 Å². The van der Waals surface area contributed by atoms with Crippen molar-refractivity contribution >= 4 is 0 Å². The third-order valence-electron chi connectivity index (χ3n) is 4.06. The highest BCUT2D eigenvalue weighted by atomic mass is 15.3. The molecule has 2 N–H and O–H groups in total. The Morgan fingerprint density at radius 2 is 2.27 bits per heavy atom. The number of aromatic nitrogens is 2. The zero-order chi connectivity index (χ0) is 11.1. The highest BCUT2D eigenvalue weighted by Gasteiger charge is 2.42. The van der Waals surface area contributed by atoms with Crippen LogP contribution < -0.4 is 5.73 Å². The van der Waals surface area contributed by atoms with Gasteiger partial charge in [-0.15, -0.1) is 0 Å². The van der Waals surface area contributed by atoms with Crippen molar-refractivity contribution in [3.63, 3.8) is 0 Å². The van der Waals surface area contributed by atoms with Crippen LogP contribution in [-0.2, 0) is 7.05 Å². The molecule has 1 aliphatic carbocycles. The molecule has 1 heterocycles. The lowest BCUT2D eigenvalue weighted by Crippen LogP contribution is -2.40. The molecule has 1 aliphatic rings. The Hall–Kier alpha value is -0.830. The molecule has 0 amide bonds. The van der Waals surface area contributed by atoms with E-state index in [0.29, 0.717) is 5.41 Å². The molecule has 2 rings (SSSR count). The highest BCUT2D eigenvalue weighted by Crippen LogP contribution is 2.51. The second kappa shape index (κ2) is 3.63. The molecule has 15 heavy (non-hydrogen) atoms. The Labute approximate surface area is 91.7 Å². The van der Waals surface area contributed by atoms with E-state index in [0.717, 1.165) is 5.69 Å². The van der Waals surface area contributed by atoms with E-state index in [1.807, 2.05) is 11.7 Å². The predicted octanol–water partition coefficient (Wildman–Crippen LogP) is 2.31. The molecular weight excluding hydrogens is 186 g/mol. The Kier molecular flexibility index (Phi) is 2.59. The molecule has 84 valence electrons. The van der Waals surface area contributed by atoms with E-state index in [1.165, 1.54) is 31.2 Å². The molecule has 3 nitrogen and oxygen atoms in total. The summed E-state index contributed by atoms with van der Waals surface area (Å²) in [6.45, 7) is 4.35. The fourth-order valence-corrected chi connectivity index (χ4v) is 2.74. The van der Waals surface area contributed by atoms with Crippen molar-refractivity contribution in [2.75, 3.05) is 0 Å². The highest BCUT2D eigenvalue weighted by molar-refractivity contribution is 5.21. The minimum absolute atomic E-state index is 0.123. The Bertz CT molecular complexity index is 344. The SMILES string of the molecule is CCC1(C(N)c2nn(C)cc2C)CCC1. The fraction of sp³-hybridized carbons (Fsp3) is 0.750. The number of nitrogens with zero attached hydrogens (tertiary/aromatic N) is 2. The summed E-state index contributed by atoms with van der Waals surface area (Å²) in [5.41, 5.74) is 9.04. The van der Waals surface area contributed by atoms with Crippen molar-refractivity contribution < 1.29 is 0 Å². The van der Waals surface area contributed by atoms with Gasteiger partial charge in [-0.3, -0.25) is 4.68 Å². The van der Waals surface area contributed by atoms with Crippen LogP contribution in [0.4, 0.5) is 0 Å². The van der Waals surface area contributed by atoms with Gasteiger partial charge in [0.2, 0.25) is 0 Å². The molecule has 3 heteroatoms. The summed E-state index contributed by atoms with van der Waals surface area (Å²) in [4.78, 5) is 0. The van der Waals surface area contributed by atoms with Gasteiger partial charge >= 0.3 is 0 Å². The quantitative estimate of drug-likeness (QED) is 0.826. The second-order valence-electron chi connectivity index (χ2n) is 4.92. The summed E-state index contributed by atoms with van der Waals surface area (Å²) in [5, 5.41) is 4.50. The lowest BCUT2D eigenvalue weighted by molar-refractivity contribution is 0.0856. The van der Waals surface area contributed by atoms with E-state index in [4.69, 9.17) is 5.73 Å². The maximum Gasteiger partial charge on any atom is 0.0826 e. The molecule has 1 unspecified atom stereocenters. The van der Waals surface area contributed by atoms with Gasteiger partial charge in [-0.1, -0.05) is 13.3 Å². The molecule has 0 bridgehead atoms. The average Bonchev–Trinajstić information content (AvgIpc) is 2.44. The third kappa shape index (κ3) is 1.59. The van der Waals surface area contributed by atoms with E-state index in [2.05, 4.69) is 25.1 Å². The van der Waals surface area contributed by atoms with Crippen molar-refractivity contribution in [3.05, 3.63) is 17.5 Å². The van der Waals surface area contributed by atoms with Crippen LogP contribution in [0, 0.1) is 12.3 Å². The van der Waals surface area contributed by atoms with Crippen LogP contribution in [-0.4, -0.2) is 9.78 Å². The molecule has 0 radical (unpaired) electrons. The van der Waals surface area contributed by atoms with E-state index in [-0.39, 0.29) is 6.04 Å². The average molecular weight is 207 g/mol. The van der Waals surface area contributed by atoms with Crippen LogP contribution in [0.3, 0.4) is 0 Å². The number of nitrogens with two attached hydrogens (primary N) is 1. The standard InChI is InChI=1S/C12H21N3/c1-4-12(6-5-7-12)11(13)10-9(2)8-15(3)14-10/h8,11H,4-7,13H2,1-3H3. The van der Waals surface area contributed by atoms with Gasteiger partial charge in [0.15, 0.2) is 0 Å². The smallest absolute Gasteiger partial charge is 0.0826 e. The molecule has 1 aromatic rings. The minimum Gasteiger partial charge on any atom is -0.322 e. The van der Waals surface area contributed by atoms with Crippen molar-refractivity contribution in [1.29, 1.82) is 0 Å². The third-order valence-corrected chi connectivity index (χ3v) is 4.06. The topological polar surface area (TPSA) is 43.8 Å². The summed E-state index contributed by atoms with van der Waals surface area (Å²) in [6.07, 6.45) is 7.08. The van der Waals surface area contributed by atoms with E-state index in [1.54, 1.807) is 0 Å². The molecule has 1 saturated carbocycles. The first kappa shape index (κ1) is 10.7. The van der Waals surface area contributed by atoms with E-state index >= 15 is 0 Å². The maximum atomic E-state index is 6.38. The normalized spacial score (nSPS) is 21.1. The number of rotatable bonds is 3. The summed E-state index contributed by atoms with van der Waals surface area (Å²) in [5.74, 6) is 0. The Morgan fingerprint density at radius 3 is 2.60 bits per heavy atom. The van der Waals surface area contributed by atoms with Gasteiger partial charge in [0, 0.05) is 13.2 Å². The largest absolute Gasteiger partial charge is 0.322 e. The summed E-state index contributed by atoms with van der Waals surface area (Å²) < 4.78 is 1.87. The molecule has 0 aromatic carbocycles. The Balaban J connectivity index is 2.26. The number of aryl methyl sites for hydroxylation is 2. The van der Waals surface area contributed by atoms with Crippen molar-refractivity contribution in [2.45, 2.75) is 45.6 Å². The van der Waals surface area contributed by atoms with Crippen LogP contribution in [0.25, 0.3) is 0 Å². The lowest BCUT2D eigenvalue weighted by atomic mass is 9.61. The summed E-state index contributed by atoms with van der Waals surface area (Å²) >= 11 is 0. The van der Waals surface area contributed by atoms with Crippen LogP contribution in [0.15, 0.2) is 6.20 Å². The van der Waals surface area contributed by atoms with Crippen LogP contribution in [0.1, 0.15) is 49.9 Å². The first-order valence-electron chi connectivity index (χ1n) is 5.85. The van der Waals surface area contributed by atoms with Crippen LogP contribution in [0.2, 0.25) is 0 Å². The van der Waals surface area contributed by atoms with Gasteiger partial charge < -0.3 is 5.73 Å². The van der Waals surface area contributed by atoms with Gasteiger partial charge in [0.25, 0.3) is 0 Å². The molecule has 0 aliphatic heterocycles. The zero-order valence-electron chi connectivity index (χ0n) is 9.95. The molecule has 1 atom stereocenters. The van der Waals surface area contributed by atoms with Crippen molar-refractivity contribution in [2.24, 2.45) is 18.2 Å². The van der Waals surface area contributed by atoms with Gasteiger partial charge in [-0.05, 0) is 37.2 Å².